The summed E-state index contributed by atoms with van der Waals surface area (Å²) in [6.07, 6.45) is 1.61. The van der Waals surface area contributed by atoms with Crippen molar-refractivity contribution in [2.45, 2.75) is 0 Å². The number of nitrogens with zero attached hydrogens (tertiary/aromatic N) is 4. The van der Waals surface area contributed by atoms with Crippen molar-refractivity contribution in [1.82, 2.24) is 15.0 Å². The highest BCUT2D eigenvalue weighted by molar-refractivity contribution is 6.30. The normalized spacial score (nSPS) is 10.9. The van der Waals surface area contributed by atoms with Crippen molar-refractivity contribution in [2.24, 2.45) is 0 Å². The Bertz CT molecular complexity index is 1400. The van der Waals surface area contributed by atoms with Crippen LogP contribution in [-0.4, -0.2) is 20.9 Å². The molecule has 1 amide bonds. The zero-order chi connectivity index (χ0) is 23.9. The van der Waals surface area contributed by atoms with Crippen molar-refractivity contribution in [2.75, 3.05) is 16.4 Å². The minimum absolute atomic E-state index is 0.0199. The Morgan fingerprint density at radius 2 is 1.68 bits per heavy atom. The minimum atomic E-state index is -0.278. The number of hydrogen-bond donors (Lipinski definition) is 3. The van der Waals surface area contributed by atoms with E-state index in [0.717, 1.165) is 5.69 Å². The molecule has 9 heteroatoms. The molecule has 1 aromatic heterocycles. The largest absolute Gasteiger partial charge is 0.368 e. The average molecular weight is 468 g/mol. The Morgan fingerprint density at radius 3 is 2.41 bits per heavy atom. The maximum Gasteiger partial charge on any atom is 0.255 e. The fourth-order valence-corrected chi connectivity index (χ4v) is 3.17. The fourth-order valence-electron chi connectivity index (χ4n) is 3.04. The van der Waals surface area contributed by atoms with Crippen LogP contribution in [0.5, 0.6) is 0 Å². The number of nitriles is 1. The zero-order valence-electron chi connectivity index (χ0n) is 17.7. The number of carbonyl (C=O) groups is 1. The van der Waals surface area contributed by atoms with Gasteiger partial charge in [-0.15, -0.1) is 0 Å². The lowest BCUT2D eigenvalue weighted by molar-refractivity contribution is 0.102. The van der Waals surface area contributed by atoms with Gasteiger partial charge in [-0.1, -0.05) is 41.9 Å². The standard InChI is InChI=1S/C25H18ClN7O/c26-19-11-9-17(10-12-19)23(34)29-21-8-4-5-16(14-21)13-18(15-27)22-31-24(28)33-25(32-22)30-20-6-2-1-3-7-20/h1-14H,(H,29,34)(H3,28,30,31,32,33)/b18-13+. The summed E-state index contributed by atoms with van der Waals surface area (Å²) in [6.45, 7) is 0. The second-order valence-electron chi connectivity index (χ2n) is 7.09. The Kier molecular flexibility index (Phi) is 6.77. The molecule has 0 radical (unpaired) electrons. The molecule has 166 valence electrons. The molecule has 3 aromatic carbocycles. The van der Waals surface area contributed by atoms with Gasteiger partial charge in [-0.3, -0.25) is 4.79 Å². The van der Waals surface area contributed by atoms with Gasteiger partial charge in [-0.05, 0) is 60.2 Å². The molecule has 0 aliphatic heterocycles. The second-order valence-corrected chi connectivity index (χ2v) is 7.52. The lowest BCUT2D eigenvalue weighted by Crippen LogP contribution is -2.11. The summed E-state index contributed by atoms with van der Waals surface area (Å²) in [5, 5.41) is 16.2. The Morgan fingerprint density at radius 1 is 0.941 bits per heavy atom. The minimum Gasteiger partial charge on any atom is -0.368 e. The number of amides is 1. The topological polar surface area (TPSA) is 130 Å². The van der Waals surface area contributed by atoms with E-state index in [1.807, 2.05) is 30.3 Å². The molecule has 8 nitrogen and oxygen atoms in total. The van der Waals surface area contributed by atoms with Crippen molar-refractivity contribution < 1.29 is 4.79 Å². The van der Waals surface area contributed by atoms with E-state index in [1.165, 1.54) is 0 Å². The lowest BCUT2D eigenvalue weighted by atomic mass is 10.1. The predicted molar refractivity (Wildman–Crippen MR) is 133 cm³/mol. The van der Waals surface area contributed by atoms with Crippen molar-refractivity contribution in [3.8, 4) is 6.07 Å². The molecule has 0 spiro atoms. The smallest absolute Gasteiger partial charge is 0.255 e. The van der Waals surface area contributed by atoms with Crippen LogP contribution in [0.1, 0.15) is 21.7 Å². The highest BCUT2D eigenvalue weighted by Gasteiger charge is 2.11. The molecule has 4 rings (SSSR count). The molecule has 1 heterocycles. The number of nitrogens with one attached hydrogen (secondary N) is 2. The summed E-state index contributed by atoms with van der Waals surface area (Å²) in [4.78, 5) is 25.0. The summed E-state index contributed by atoms with van der Waals surface area (Å²) in [5.74, 6) is 0.0524. The third-order valence-corrected chi connectivity index (χ3v) is 4.86. The average Bonchev–Trinajstić information content (AvgIpc) is 2.83. The van der Waals surface area contributed by atoms with Gasteiger partial charge in [-0.2, -0.15) is 20.2 Å². The second kappa shape index (κ2) is 10.3. The first-order valence-electron chi connectivity index (χ1n) is 10.1. The van der Waals surface area contributed by atoms with Crippen molar-refractivity contribution in [3.05, 3.63) is 101 Å². The highest BCUT2D eigenvalue weighted by Crippen LogP contribution is 2.21. The molecular formula is C25H18ClN7O. The van der Waals surface area contributed by atoms with E-state index in [4.69, 9.17) is 17.3 Å². The Hall–Kier alpha value is -4.74. The zero-order valence-corrected chi connectivity index (χ0v) is 18.5. The molecular weight excluding hydrogens is 450 g/mol. The first-order chi connectivity index (χ1) is 16.5. The van der Waals surface area contributed by atoms with E-state index < -0.39 is 0 Å². The summed E-state index contributed by atoms with van der Waals surface area (Å²) < 4.78 is 0. The third kappa shape index (κ3) is 5.73. The van der Waals surface area contributed by atoms with E-state index in [1.54, 1.807) is 54.6 Å². The van der Waals surface area contributed by atoms with Crippen LogP contribution in [0.15, 0.2) is 78.9 Å². The molecule has 0 atom stereocenters. The summed E-state index contributed by atoms with van der Waals surface area (Å²) in [6, 6.07) is 25.1. The first-order valence-corrected chi connectivity index (χ1v) is 10.5. The van der Waals surface area contributed by atoms with Crippen LogP contribution >= 0.6 is 11.6 Å². The van der Waals surface area contributed by atoms with Crippen molar-refractivity contribution in [1.29, 1.82) is 5.26 Å². The van der Waals surface area contributed by atoms with Crippen LogP contribution in [0.4, 0.5) is 23.3 Å². The van der Waals surface area contributed by atoms with Crippen LogP contribution in [0.25, 0.3) is 11.6 Å². The molecule has 4 aromatic rings. The fraction of sp³-hybridized carbons (Fsp3) is 0. The molecule has 0 fully saturated rings. The van der Waals surface area contributed by atoms with Crippen molar-refractivity contribution >= 4 is 52.4 Å². The van der Waals surface area contributed by atoms with Crippen LogP contribution in [0.3, 0.4) is 0 Å². The number of hydrogen-bond acceptors (Lipinski definition) is 7. The number of anilines is 4. The number of nitrogen functional groups attached to an aromatic ring is 1. The predicted octanol–water partition coefficient (Wildman–Crippen LogP) is 5.17. The molecule has 4 N–H and O–H groups in total. The van der Waals surface area contributed by atoms with E-state index in [-0.39, 0.29) is 29.2 Å². The van der Waals surface area contributed by atoms with Crippen LogP contribution in [-0.2, 0) is 0 Å². The van der Waals surface area contributed by atoms with Crippen LogP contribution < -0.4 is 16.4 Å². The van der Waals surface area contributed by atoms with E-state index in [9.17, 15) is 10.1 Å². The summed E-state index contributed by atoms with van der Waals surface area (Å²) >= 11 is 5.88. The van der Waals surface area contributed by atoms with Gasteiger partial charge in [-0.25, -0.2) is 0 Å². The first kappa shape index (κ1) is 22.5. The molecule has 34 heavy (non-hydrogen) atoms. The lowest BCUT2D eigenvalue weighted by Gasteiger charge is -2.08. The van der Waals surface area contributed by atoms with Gasteiger partial charge in [0.2, 0.25) is 11.9 Å². The Labute approximate surface area is 200 Å². The molecule has 0 bridgehead atoms. The highest BCUT2D eigenvalue weighted by atomic mass is 35.5. The number of rotatable bonds is 6. The monoisotopic (exact) mass is 467 g/mol. The summed E-state index contributed by atoms with van der Waals surface area (Å²) in [7, 11) is 0. The number of carbonyl (C=O) groups excluding carboxylic acids is 1. The van der Waals surface area contributed by atoms with Gasteiger partial charge in [0.15, 0.2) is 5.82 Å². The maximum absolute atomic E-state index is 12.5. The van der Waals surface area contributed by atoms with Crippen LogP contribution in [0, 0.1) is 11.3 Å². The maximum atomic E-state index is 12.5. The summed E-state index contributed by atoms with van der Waals surface area (Å²) in [5.41, 5.74) is 8.51. The number of allylic oxidation sites excluding steroid dienone is 1. The van der Waals surface area contributed by atoms with E-state index >= 15 is 0 Å². The molecule has 0 saturated carbocycles. The molecule has 0 aliphatic carbocycles. The van der Waals surface area contributed by atoms with Gasteiger partial charge in [0.25, 0.3) is 5.91 Å². The van der Waals surface area contributed by atoms with E-state index in [2.05, 4.69) is 31.7 Å². The van der Waals surface area contributed by atoms with Gasteiger partial charge < -0.3 is 16.4 Å². The quantitative estimate of drug-likeness (QED) is 0.333. The van der Waals surface area contributed by atoms with Crippen LogP contribution in [0.2, 0.25) is 5.02 Å². The van der Waals surface area contributed by atoms with Gasteiger partial charge in [0, 0.05) is 22.0 Å². The third-order valence-electron chi connectivity index (χ3n) is 4.61. The molecule has 0 saturated heterocycles. The van der Waals surface area contributed by atoms with Gasteiger partial charge >= 0.3 is 0 Å². The molecule has 0 aliphatic rings. The van der Waals surface area contributed by atoms with Gasteiger partial charge in [0.05, 0.1) is 5.57 Å². The Balaban J connectivity index is 1.57. The number of aromatic nitrogens is 3. The van der Waals surface area contributed by atoms with E-state index in [0.29, 0.717) is 21.8 Å². The number of halogens is 1. The van der Waals surface area contributed by atoms with Crippen molar-refractivity contribution in [3.63, 3.8) is 0 Å². The number of benzene rings is 3. The number of nitrogens with two attached hydrogens (primary N) is 1. The van der Waals surface area contributed by atoms with Gasteiger partial charge in [0.1, 0.15) is 6.07 Å². The molecule has 0 unspecified atom stereocenters. The SMILES string of the molecule is N#C/C(=C\c1cccc(NC(=O)c2ccc(Cl)cc2)c1)c1nc(N)nc(Nc2ccccc2)n1. The number of para-hydroxylation sites is 1.